The van der Waals surface area contributed by atoms with Crippen LogP contribution in [0.2, 0.25) is 0 Å². The van der Waals surface area contributed by atoms with Gasteiger partial charge in [0.1, 0.15) is 5.69 Å². The van der Waals surface area contributed by atoms with Crippen molar-refractivity contribution < 1.29 is 4.79 Å². The first kappa shape index (κ1) is 11.7. The largest absolute Gasteiger partial charge is 0.364 e. The molecule has 1 heterocycles. The van der Waals surface area contributed by atoms with Gasteiger partial charge in [-0.15, -0.1) is 0 Å². The maximum atomic E-state index is 11.4. The van der Waals surface area contributed by atoms with Gasteiger partial charge in [-0.25, -0.2) is 0 Å². The number of H-pyrrole nitrogens is 1. The van der Waals surface area contributed by atoms with E-state index >= 15 is 0 Å². The molecule has 4 heteroatoms. The highest BCUT2D eigenvalue weighted by Gasteiger charge is 2.21. The molecule has 1 aromatic carbocycles. The first-order valence-corrected chi connectivity index (χ1v) is 5.57. The third-order valence-electron chi connectivity index (χ3n) is 2.69. The molecule has 90 valence electrons. The van der Waals surface area contributed by atoms with E-state index in [0.29, 0.717) is 12.1 Å². The van der Waals surface area contributed by atoms with Crippen LogP contribution in [-0.2, 0) is 6.42 Å². The number of para-hydroxylation sites is 1. The molecule has 0 unspecified atom stereocenters. The maximum Gasteiger partial charge on any atom is 0.265 e. The van der Waals surface area contributed by atoms with Crippen LogP contribution in [0.3, 0.4) is 0 Å². The summed E-state index contributed by atoms with van der Waals surface area (Å²) in [5, 5.41) is 1.01. The first-order valence-electron chi connectivity index (χ1n) is 5.57. The van der Waals surface area contributed by atoms with Crippen LogP contribution < -0.4 is 11.5 Å². The summed E-state index contributed by atoms with van der Waals surface area (Å²) in [7, 11) is 0. The molecule has 4 nitrogen and oxygen atoms in total. The highest BCUT2D eigenvalue weighted by molar-refractivity contribution is 6.00. The molecule has 1 amide bonds. The van der Waals surface area contributed by atoms with E-state index in [-0.39, 0.29) is 5.54 Å². The van der Waals surface area contributed by atoms with Crippen LogP contribution in [0.1, 0.15) is 29.9 Å². The minimum atomic E-state index is -0.444. The number of nitrogens with one attached hydrogen (secondary N) is 1. The second-order valence-corrected chi connectivity index (χ2v) is 5.05. The lowest BCUT2D eigenvalue weighted by molar-refractivity contribution is 0.0995. The Kier molecular flexibility index (Phi) is 2.67. The molecule has 1 aromatic heterocycles. The van der Waals surface area contributed by atoms with E-state index in [9.17, 15) is 4.79 Å². The summed E-state index contributed by atoms with van der Waals surface area (Å²) in [5.41, 5.74) is 13.3. The van der Waals surface area contributed by atoms with Gasteiger partial charge in [0.25, 0.3) is 5.91 Å². The summed E-state index contributed by atoms with van der Waals surface area (Å²) >= 11 is 0. The molecule has 0 bridgehead atoms. The van der Waals surface area contributed by atoms with Gasteiger partial charge in [0.15, 0.2) is 0 Å². The molecule has 0 fully saturated rings. The fourth-order valence-corrected chi connectivity index (χ4v) is 2.05. The second kappa shape index (κ2) is 3.89. The summed E-state index contributed by atoms with van der Waals surface area (Å²) in [6.07, 6.45) is 0.606. The number of nitrogens with two attached hydrogens (primary N) is 2. The number of aromatic amines is 1. The van der Waals surface area contributed by atoms with Crippen LogP contribution in [0.15, 0.2) is 24.3 Å². The van der Waals surface area contributed by atoms with Gasteiger partial charge in [0, 0.05) is 16.4 Å². The van der Waals surface area contributed by atoms with Crippen molar-refractivity contribution in [2.75, 3.05) is 0 Å². The highest BCUT2D eigenvalue weighted by Crippen LogP contribution is 2.25. The van der Waals surface area contributed by atoms with Crippen molar-refractivity contribution in [3.8, 4) is 0 Å². The Bertz CT molecular complexity index is 564. The predicted octanol–water partition coefficient (Wildman–Crippen LogP) is 1.55. The topological polar surface area (TPSA) is 84.9 Å². The van der Waals surface area contributed by atoms with E-state index < -0.39 is 5.91 Å². The Labute approximate surface area is 100.0 Å². The van der Waals surface area contributed by atoms with E-state index in [1.807, 2.05) is 38.1 Å². The Balaban J connectivity index is 2.64. The molecular weight excluding hydrogens is 214 g/mol. The van der Waals surface area contributed by atoms with Gasteiger partial charge in [0.05, 0.1) is 0 Å². The van der Waals surface area contributed by atoms with Gasteiger partial charge in [0.2, 0.25) is 0 Å². The van der Waals surface area contributed by atoms with Crippen LogP contribution >= 0.6 is 0 Å². The maximum absolute atomic E-state index is 11.4. The number of benzene rings is 1. The van der Waals surface area contributed by atoms with Crippen LogP contribution in [0.4, 0.5) is 0 Å². The van der Waals surface area contributed by atoms with Crippen LogP contribution in [-0.4, -0.2) is 16.4 Å². The van der Waals surface area contributed by atoms with Crippen LogP contribution in [0.25, 0.3) is 10.9 Å². The molecule has 0 spiro atoms. The molecule has 0 radical (unpaired) electrons. The van der Waals surface area contributed by atoms with Crippen LogP contribution in [0.5, 0.6) is 0 Å². The number of hydrogen-bond acceptors (Lipinski definition) is 2. The zero-order valence-corrected chi connectivity index (χ0v) is 10.1. The lowest BCUT2D eigenvalue weighted by Crippen LogP contribution is -2.35. The lowest BCUT2D eigenvalue weighted by Gasteiger charge is -2.18. The second-order valence-electron chi connectivity index (χ2n) is 5.05. The van der Waals surface area contributed by atoms with Crippen molar-refractivity contribution in [3.05, 3.63) is 35.5 Å². The van der Waals surface area contributed by atoms with E-state index in [1.54, 1.807) is 0 Å². The third-order valence-corrected chi connectivity index (χ3v) is 2.69. The number of hydrogen-bond donors (Lipinski definition) is 3. The number of aromatic nitrogens is 1. The highest BCUT2D eigenvalue weighted by atomic mass is 16.1. The molecule has 0 saturated heterocycles. The third kappa shape index (κ3) is 2.31. The zero-order chi connectivity index (χ0) is 12.6. The monoisotopic (exact) mass is 231 g/mol. The van der Waals surface area contributed by atoms with E-state index in [4.69, 9.17) is 11.5 Å². The van der Waals surface area contributed by atoms with Gasteiger partial charge in [-0.2, -0.15) is 0 Å². The van der Waals surface area contributed by atoms with Gasteiger partial charge in [-0.3, -0.25) is 4.79 Å². The number of primary amides is 1. The van der Waals surface area contributed by atoms with Crippen molar-refractivity contribution in [1.29, 1.82) is 0 Å². The van der Waals surface area contributed by atoms with Crippen molar-refractivity contribution in [2.45, 2.75) is 25.8 Å². The molecule has 0 aliphatic rings. The Hall–Kier alpha value is -1.81. The van der Waals surface area contributed by atoms with Crippen molar-refractivity contribution in [3.63, 3.8) is 0 Å². The molecule has 0 atom stereocenters. The van der Waals surface area contributed by atoms with E-state index in [1.165, 1.54) is 0 Å². The number of rotatable bonds is 3. The number of amides is 1. The predicted molar refractivity (Wildman–Crippen MR) is 68.8 cm³/mol. The average molecular weight is 231 g/mol. The molecule has 5 N–H and O–H groups in total. The fraction of sp³-hybridized carbons (Fsp3) is 0.308. The molecule has 0 saturated carbocycles. The summed E-state index contributed by atoms with van der Waals surface area (Å²) in [6, 6.07) is 7.75. The fourth-order valence-electron chi connectivity index (χ4n) is 2.05. The molecule has 2 rings (SSSR count). The first-order chi connectivity index (χ1) is 7.88. The van der Waals surface area contributed by atoms with Crippen molar-refractivity contribution >= 4 is 16.8 Å². The van der Waals surface area contributed by atoms with Gasteiger partial charge in [-0.05, 0) is 31.9 Å². The molecule has 0 aliphatic heterocycles. The molecule has 0 aliphatic carbocycles. The van der Waals surface area contributed by atoms with E-state index in [2.05, 4.69) is 4.98 Å². The van der Waals surface area contributed by atoms with Gasteiger partial charge >= 0.3 is 0 Å². The Morgan fingerprint density at radius 3 is 2.59 bits per heavy atom. The summed E-state index contributed by atoms with van der Waals surface area (Å²) in [4.78, 5) is 14.5. The summed E-state index contributed by atoms with van der Waals surface area (Å²) in [6.45, 7) is 3.86. The van der Waals surface area contributed by atoms with Gasteiger partial charge in [-0.1, -0.05) is 18.2 Å². The standard InChI is InChI=1S/C13H17N3O/c1-13(2,15)7-9-8-5-3-4-6-10(8)16-11(9)12(14)17/h3-6,16H,7,15H2,1-2H3,(H2,14,17). The minimum absolute atomic E-state index is 0.380. The SMILES string of the molecule is CC(C)(N)Cc1c(C(N)=O)[nH]c2ccccc12. The molecule has 17 heavy (non-hydrogen) atoms. The Morgan fingerprint density at radius 1 is 1.35 bits per heavy atom. The van der Waals surface area contributed by atoms with Crippen molar-refractivity contribution in [2.24, 2.45) is 11.5 Å². The molecule has 2 aromatic rings. The summed E-state index contributed by atoms with van der Waals surface area (Å²) < 4.78 is 0. The van der Waals surface area contributed by atoms with Crippen LogP contribution in [0, 0.1) is 0 Å². The minimum Gasteiger partial charge on any atom is -0.364 e. The number of carbonyl (C=O) groups is 1. The number of carbonyl (C=O) groups excluding carboxylic acids is 1. The van der Waals surface area contributed by atoms with E-state index in [0.717, 1.165) is 16.5 Å². The average Bonchev–Trinajstić information content (AvgIpc) is 2.55. The normalized spacial score (nSPS) is 11.9. The lowest BCUT2D eigenvalue weighted by atomic mass is 9.94. The van der Waals surface area contributed by atoms with Crippen molar-refractivity contribution in [1.82, 2.24) is 4.98 Å². The smallest absolute Gasteiger partial charge is 0.265 e. The summed E-state index contributed by atoms with van der Waals surface area (Å²) in [5.74, 6) is -0.444. The quantitative estimate of drug-likeness (QED) is 0.748. The molecular formula is C13H17N3O. The number of fused-ring (bicyclic) bond motifs is 1. The Morgan fingerprint density at radius 2 is 2.00 bits per heavy atom. The zero-order valence-electron chi connectivity index (χ0n) is 10.1. The van der Waals surface area contributed by atoms with Gasteiger partial charge < -0.3 is 16.5 Å².